The van der Waals surface area contributed by atoms with Gasteiger partial charge in [0.25, 0.3) is 5.91 Å². The minimum Gasteiger partial charge on any atom is -0.323 e. The molecular weight excluding hydrogens is 178 g/mol. The molecule has 14 heavy (non-hydrogen) atoms. The van der Waals surface area contributed by atoms with Crippen LogP contribution in [-0.2, 0) is 4.79 Å². The van der Waals surface area contributed by atoms with E-state index < -0.39 is 0 Å². The third kappa shape index (κ3) is 7.49. The Bertz CT molecular complexity index is 249. The minimum atomic E-state index is -0.0716. The van der Waals surface area contributed by atoms with Gasteiger partial charge in [-0.2, -0.15) is 5.10 Å². The molecule has 0 aliphatic carbocycles. The fourth-order valence-electron chi connectivity index (χ4n) is 0.747. The summed E-state index contributed by atoms with van der Waals surface area (Å²) in [7, 11) is 5.88. The third-order valence-electron chi connectivity index (χ3n) is 1.53. The van der Waals surface area contributed by atoms with Crippen molar-refractivity contribution in [2.45, 2.75) is 13.8 Å². The topological polar surface area (TPSA) is 41.5 Å². The van der Waals surface area contributed by atoms with Gasteiger partial charge in [0.1, 0.15) is 0 Å². The van der Waals surface area contributed by atoms with Crippen molar-refractivity contribution in [3.8, 4) is 0 Å². The van der Waals surface area contributed by atoms with Gasteiger partial charge in [-0.15, -0.1) is 0 Å². The van der Waals surface area contributed by atoms with Gasteiger partial charge in [-0.1, -0.05) is 6.08 Å². The predicted molar refractivity (Wildman–Crippen MR) is 59.0 cm³/mol. The van der Waals surface area contributed by atoms with E-state index in [2.05, 4.69) is 10.5 Å². The Morgan fingerprint density at radius 1 is 1.43 bits per heavy atom. The molecule has 0 aromatic rings. The molecule has 0 unspecified atom stereocenters. The molecule has 1 N–H and O–H groups in total. The van der Waals surface area contributed by atoms with Crippen molar-refractivity contribution in [1.82, 2.24) is 5.43 Å². The van der Waals surface area contributed by atoms with Crippen molar-refractivity contribution in [3.05, 3.63) is 11.6 Å². The molecule has 4 nitrogen and oxygen atoms in total. The molecule has 4 heteroatoms. The number of allylic oxidation sites excluding steroid dienone is 2. The van der Waals surface area contributed by atoms with E-state index in [1.165, 1.54) is 0 Å². The number of likely N-dealkylation sites (N-methyl/N-ethyl adjacent to an activating group) is 1. The second kappa shape index (κ2) is 5.54. The molecule has 0 aliphatic rings. The second-order valence-electron chi connectivity index (χ2n) is 4.27. The van der Waals surface area contributed by atoms with Gasteiger partial charge >= 0.3 is 0 Å². The zero-order chi connectivity index (χ0) is 11.2. The molecule has 0 aromatic heterocycles. The van der Waals surface area contributed by atoms with E-state index in [0.29, 0.717) is 11.0 Å². The van der Waals surface area contributed by atoms with Crippen molar-refractivity contribution in [1.29, 1.82) is 0 Å². The van der Waals surface area contributed by atoms with Crippen LogP contribution in [0, 0.1) is 0 Å². The highest BCUT2D eigenvalue weighted by Gasteiger charge is 2.12. The Kier molecular flexibility index (Phi) is 5.09. The van der Waals surface area contributed by atoms with Gasteiger partial charge in [0.05, 0.1) is 21.1 Å². The van der Waals surface area contributed by atoms with Crippen molar-refractivity contribution in [3.63, 3.8) is 0 Å². The van der Waals surface area contributed by atoms with Gasteiger partial charge < -0.3 is 4.48 Å². The summed E-state index contributed by atoms with van der Waals surface area (Å²) in [6.07, 6.45) is 3.56. The highest BCUT2D eigenvalue weighted by molar-refractivity contribution is 5.81. The number of carbonyl (C=O) groups excluding carboxylic acids is 1. The smallest absolute Gasteiger partial charge is 0.295 e. The van der Waals surface area contributed by atoms with Crippen molar-refractivity contribution >= 4 is 12.1 Å². The van der Waals surface area contributed by atoms with Crippen LogP contribution in [0.5, 0.6) is 0 Å². The number of nitrogens with one attached hydrogen (secondary N) is 1. The number of rotatable bonds is 4. The number of hydrogen-bond acceptors (Lipinski definition) is 2. The van der Waals surface area contributed by atoms with Crippen molar-refractivity contribution in [2.24, 2.45) is 5.10 Å². The lowest BCUT2D eigenvalue weighted by Crippen LogP contribution is -2.43. The van der Waals surface area contributed by atoms with Crippen LogP contribution in [0.4, 0.5) is 0 Å². The fourth-order valence-corrected chi connectivity index (χ4v) is 0.747. The number of quaternary nitrogens is 1. The highest BCUT2D eigenvalue weighted by atomic mass is 16.2. The average Bonchev–Trinajstić information content (AvgIpc) is 2.00. The largest absolute Gasteiger partial charge is 0.323 e. The van der Waals surface area contributed by atoms with E-state index in [9.17, 15) is 4.79 Å². The van der Waals surface area contributed by atoms with Gasteiger partial charge in [-0.25, -0.2) is 5.43 Å². The molecule has 0 saturated carbocycles. The van der Waals surface area contributed by atoms with E-state index in [-0.39, 0.29) is 5.91 Å². The third-order valence-corrected chi connectivity index (χ3v) is 1.53. The van der Waals surface area contributed by atoms with Crippen LogP contribution in [-0.4, -0.2) is 44.3 Å². The fraction of sp³-hybridized carbons (Fsp3) is 0.600. The van der Waals surface area contributed by atoms with Gasteiger partial charge in [-0.05, 0) is 19.4 Å². The molecule has 0 fully saturated rings. The van der Waals surface area contributed by atoms with E-state index in [1.54, 1.807) is 6.21 Å². The lowest BCUT2D eigenvalue weighted by atomic mass is 10.3. The van der Waals surface area contributed by atoms with Crippen LogP contribution >= 0.6 is 0 Å². The Balaban J connectivity index is 3.92. The number of amides is 1. The molecule has 0 atom stereocenters. The average molecular weight is 198 g/mol. The molecule has 0 rings (SSSR count). The Morgan fingerprint density at radius 2 is 2.00 bits per heavy atom. The van der Waals surface area contributed by atoms with E-state index in [0.717, 1.165) is 5.57 Å². The van der Waals surface area contributed by atoms with Gasteiger partial charge in [-0.3, -0.25) is 4.79 Å². The summed E-state index contributed by atoms with van der Waals surface area (Å²) in [5.74, 6) is -0.0716. The zero-order valence-corrected chi connectivity index (χ0v) is 9.66. The summed E-state index contributed by atoms with van der Waals surface area (Å²) in [4.78, 5) is 11.3. The maximum absolute atomic E-state index is 11.3. The van der Waals surface area contributed by atoms with Crippen molar-refractivity contribution < 1.29 is 9.28 Å². The number of hydrazone groups is 1. The van der Waals surface area contributed by atoms with Crippen LogP contribution in [0.25, 0.3) is 0 Å². The molecule has 0 aliphatic heterocycles. The molecule has 0 radical (unpaired) electrons. The van der Waals surface area contributed by atoms with Crippen LogP contribution in [0.2, 0.25) is 0 Å². The number of hydrogen-bond donors (Lipinski definition) is 1. The number of nitrogens with zero attached hydrogens (tertiary/aromatic N) is 2. The summed E-state index contributed by atoms with van der Waals surface area (Å²) in [6.45, 7) is 4.27. The van der Waals surface area contributed by atoms with E-state index >= 15 is 0 Å². The molecule has 0 bridgehead atoms. The molecular formula is C10H20N3O+. The Labute approximate surface area is 85.9 Å². The summed E-state index contributed by atoms with van der Waals surface area (Å²) in [6, 6.07) is 0. The van der Waals surface area contributed by atoms with Gasteiger partial charge in [0.2, 0.25) is 0 Å². The first-order valence-corrected chi connectivity index (χ1v) is 4.60. The summed E-state index contributed by atoms with van der Waals surface area (Å²) in [5, 5.41) is 3.82. The number of carbonyl (C=O) groups is 1. The highest BCUT2D eigenvalue weighted by Crippen LogP contribution is 1.88. The SMILES string of the molecule is C/C=C(C)\C=N/NC(=O)C[N+](C)(C)C. The molecule has 80 valence electrons. The minimum absolute atomic E-state index is 0.0716. The lowest BCUT2D eigenvalue weighted by Gasteiger charge is -2.21. The van der Waals surface area contributed by atoms with Crippen molar-refractivity contribution in [2.75, 3.05) is 27.7 Å². The maximum atomic E-state index is 11.3. The standard InChI is InChI=1S/C10H19N3O/c1-6-9(2)7-11-12-10(14)8-13(3,4)5/h6-7H,8H2,1-5H3/p+1/b9-6-,11-7-. The quantitative estimate of drug-likeness (QED) is 0.404. The first kappa shape index (κ1) is 12.8. The molecule has 0 heterocycles. The lowest BCUT2D eigenvalue weighted by molar-refractivity contribution is -0.862. The van der Waals surface area contributed by atoms with E-state index in [1.807, 2.05) is 41.1 Å². The summed E-state index contributed by atoms with van der Waals surface area (Å²) >= 11 is 0. The Hall–Kier alpha value is -1.16. The summed E-state index contributed by atoms with van der Waals surface area (Å²) < 4.78 is 0.601. The van der Waals surface area contributed by atoms with Crippen LogP contribution < -0.4 is 5.43 Å². The maximum Gasteiger partial charge on any atom is 0.295 e. The first-order valence-electron chi connectivity index (χ1n) is 4.60. The van der Waals surface area contributed by atoms with Gasteiger partial charge in [0, 0.05) is 6.21 Å². The van der Waals surface area contributed by atoms with Crippen LogP contribution in [0.1, 0.15) is 13.8 Å². The normalized spacial score (nSPS) is 13.4. The second-order valence-corrected chi connectivity index (χ2v) is 4.27. The first-order chi connectivity index (χ1) is 6.35. The summed E-state index contributed by atoms with van der Waals surface area (Å²) in [5.41, 5.74) is 3.50. The monoisotopic (exact) mass is 198 g/mol. The zero-order valence-electron chi connectivity index (χ0n) is 9.66. The van der Waals surface area contributed by atoms with Gasteiger partial charge in [0.15, 0.2) is 6.54 Å². The predicted octanol–water partition coefficient (Wildman–Crippen LogP) is 0.761. The van der Waals surface area contributed by atoms with Crippen LogP contribution in [0.15, 0.2) is 16.8 Å². The molecule has 1 amide bonds. The Morgan fingerprint density at radius 3 is 2.43 bits per heavy atom. The molecule has 0 aromatic carbocycles. The molecule has 0 spiro atoms. The van der Waals surface area contributed by atoms with Crippen LogP contribution in [0.3, 0.4) is 0 Å². The molecule has 0 saturated heterocycles. The van der Waals surface area contributed by atoms with E-state index in [4.69, 9.17) is 0 Å².